The molecular formula is C15H13IN2O. The van der Waals surface area contributed by atoms with E-state index in [1.54, 1.807) is 25.2 Å². The van der Waals surface area contributed by atoms with Crippen molar-refractivity contribution >= 4 is 34.5 Å². The number of hydrogen-bond donors (Lipinski definition) is 0. The Labute approximate surface area is 126 Å². The highest BCUT2D eigenvalue weighted by atomic mass is 127. The third-order valence-electron chi connectivity index (χ3n) is 2.86. The molecule has 0 heterocycles. The Hall–Kier alpha value is -1.61. The summed E-state index contributed by atoms with van der Waals surface area (Å²) in [7, 11) is 3.59. The van der Waals surface area contributed by atoms with Gasteiger partial charge in [0.2, 0.25) is 5.78 Å². The Morgan fingerprint density at radius 3 is 2.84 bits per heavy atom. The first kappa shape index (κ1) is 13.8. The van der Waals surface area contributed by atoms with Crippen molar-refractivity contribution in [1.82, 2.24) is 4.90 Å². The Morgan fingerprint density at radius 2 is 2.21 bits per heavy atom. The predicted molar refractivity (Wildman–Crippen MR) is 83.2 cm³/mol. The second-order valence-corrected chi connectivity index (χ2v) is 5.88. The zero-order valence-corrected chi connectivity index (χ0v) is 12.9. The van der Waals surface area contributed by atoms with Crippen LogP contribution in [0.2, 0.25) is 0 Å². The first-order valence-corrected chi connectivity index (χ1v) is 6.91. The summed E-state index contributed by atoms with van der Waals surface area (Å²) in [6.07, 6.45) is 4.06. The van der Waals surface area contributed by atoms with E-state index in [1.165, 1.54) is 0 Å². The van der Waals surface area contributed by atoms with Gasteiger partial charge in [0.05, 0.1) is 0 Å². The number of nitrogens with zero attached hydrogens (tertiary/aromatic N) is 2. The Bertz CT molecular complexity index is 636. The highest BCUT2D eigenvalue weighted by molar-refractivity contribution is 14.1. The van der Waals surface area contributed by atoms with Crippen molar-refractivity contribution < 1.29 is 4.79 Å². The number of carbonyl (C=O) groups is 1. The lowest BCUT2D eigenvalue weighted by atomic mass is 10.0. The maximum atomic E-state index is 12.3. The molecule has 4 heteroatoms. The topological polar surface area (TPSA) is 44.1 Å². The van der Waals surface area contributed by atoms with Gasteiger partial charge in [0, 0.05) is 35.9 Å². The second-order valence-electron chi connectivity index (χ2n) is 4.64. The Kier molecular flexibility index (Phi) is 4.05. The van der Waals surface area contributed by atoms with Gasteiger partial charge in [-0.1, -0.05) is 6.07 Å². The molecule has 0 aliphatic heterocycles. The van der Waals surface area contributed by atoms with Gasteiger partial charge in [0.25, 0.3) is 0 Å². The van der Waals surface area contributed by atoms with Crippen molar-refractivity contribution in [3.63, 3.8) is 0 Å². The first-order valence-electron chi connectivity index (χ1n) is 5.83. The summed E-state index contributed by atoms with van der Waals surface area (Å²) < 4.78 is 1.16. The van der Waals surface area contributed by atoms with Crippen LogP contribution in [0, 0.1) is 14.9 Å². The van der Waals surface area contributed by atoms with Gasteiger partial charge in [0.1, 0.15) is 11.6 Å². The number of fused-ring (bicyclic) bond motifs is 1. The van der Waals surface area contributed by atoms with E-state index in [1.807, 2.05) is 24.3 Å². The smallest absolute Gasteiger partial charge is 0.201 e. The number of nitriles is 1. The number of ketones is 1. The van der Waals surface area contributed by atoms with E-state index in [9.17, 15) is 4.79 Å². The van der Waals surface area contributed by atoms with E-state index in [-0.39, 0.29) is 11.4 Å². The van der Waals surface area contributed by atoms with Crippen molar-refractivity contribution in [3.05, 3.63) is 50.2 Å². The van der Waals surface area contributed by atoms with Crippen LogP contribution in [-0.4, -0.2) is 24.8 Å². The van der Waals surface area contributed by atoms with Gasteiger partial charge in [-0.25, -0.2) is 0 Å². The summed E-state index contributed by atoms with van der Waals surface area (Å²) in [5, 5.41) is 9.07. The van der Waals surface area contributed by atoms with E-state index < -0.39 is 0 Å². The number of rotatable bonds is 3. The molecule has 3 nitrogen and oxygen atoms in total. The van der Waals surface area contributed by atoms with E-state index in [0.29, 0.717) is 12.0 Å². The van der Waals surface area contributed by atoms with Crippen LogP contribution in [0.15, 0.2) is 35.5 Å². The van der Waals surface area contributed by atoms with Crippen LogP contribution in [0.4, 0.5) is 0 Å². The zero-order valence-electron chi connectivity index (χ0n) is 10.8. The van der Waals surface area contributed by atoms with Crippen LogP contribution >= 0.6 is 22.6 Å². The summed E-state index contributed by atoms with van der Waals surface area (Å²) in [4.78, 5) is 14.0. The van der Waals surface area contributed by atoms with Crippen LogP contribution in [0.3, 0.4) is 0 Å². The Morgan fingerprint density at radius 1 is 1.47 bits per heavy atom. The molecule has 0 aromatic heterocycles. The lowest BCUT2D eigenvalue weighted by Crippen LogP contribution is -2.10. The SMILES string of the molecule is CN(C)C=C(C#N)C(=O)C1=Cc2ccc(I)cc2C1. The lowest BCUT2D eigenvalue weighted by molar-refractivity contribution is -0.111. The molecule has 2 rings (SSSR count). The van der Waals surface area contributed by atoms with Gasteiger partial charge in [-0.3, -0.25) is 4.79 Å². The molecule has 0 unspecified atom stereocenters. The molecule has 1 aromatic carbocycles. The van der Waals surface area contributed by atoms with Crippen molar-refractivity contribution in [3.8, 4) is 6.07 Å². The highest BCUT2D eigenvalue weighted by Crippen LogP contribution is 2.28. The molecule has 0 radical (unpaired) electrons. The standard InChI is InChI=1S/C15H13IN2O/c1-18(2)9-13(8-17)15(19)12-5-10-3-4-14(16)7-11(10)6-12/h3-5,7,9H,6H2,1-2H3. The van der Waals surface area contributed by atoms with Crippen LogP contribution < -0.4 is 0 Å². The summed E-state index contributed by atoms with van der Waals surface area (Å²) in [6.45, 7) is 0. The predicted octanol–water partition coefficient (Wildman–Crippen LogP) is 2.77. The largest absolute Gasteiger partial charge is 0.382 e. The summed E-state index contributed by atoms with van der Waals surface area (Å²) in [5.41, 5.74) is 3.09. The molecule has 1 aliphatic carbocycles. The van der Waals surface area contributed by atoms with Crippen molar-refractivity contribution in [2.24, 2.45) is 0 Å². The molecule has 0 bridgehead atoms. The van der Waals surface area contributed by atoms with Gasteiger partial charge < -0.3 is 4.90 Å². The molecule has 0 amide bonds. The highest BCUT2D eigenvalue weighted by Gasteiger charge is 2.21. The van der Waals surface area contributed by atoms with Crippen LogP contribution in [-0.2, 0) is 11.2 Å². The van der Waals surface area contributed by atoms with Gasteiger partial charge in [-0.05, 0) is 51.9 Å². The molecule has 0 spiro atoms. The van der Waals surface area contributed by atoms with Crippen molar-refractivity contribution in [1.29, 1.82) is 5.26 Å². The average Bonchev–Trinajstić information content (AvgIpc) is 2.77. The molecule has 0 saturated heterocycles. The number of benzene rings is 1. The van der Waals surface area contributed by atoms with Gasteiger partial charge in [0.15, 0.2) is 0 Å². The summed E-state index contributed by atoms with van der Waals surface area (Å²) >= 11 is 2.26. The monoisotopic (exact) mass is 364 g/mol. The number of carbonyl (C=O) groups excluding carboxylic acids is 1. The molecule has 1 aliphatic rings. The van der Waals surface area contributed by atoms with E-state index >= 15 is 0 Å². The van der Waals surface area contributed by atoms with Gasteiger partial charge in [-0.15, -0.1) is 0 Å². The van der Waals surface area contributed by atoms with Crippen molar-refractivity contribution in [2.75, 3.05) is 14.1 Å². The molecule has 1 aromatic rings. The molecule has 0 fully saturated rings. The summed E-state index contributed by atoms with van der Waals surface area (Å²) in [6, 6.07) is 8.08. The zero-order chi connectivity index (χ0) is 14.0. The van der Waals surface area contributed by atoms with Gasteiger partial charge in [-0.2, -0.15) is 5.26 Å². The second kappa shape index (κ2) is 5.57. The fourth-order valence-electron chi connectivity index (χ4n) is 2.03. The van der Waals surface area contributed by atoms with E-state index in [2.05, 4.69) is 28.7 Å². The van der Waals surface area contributed by atoms with E-state index in [0.717, 1.165) is 14.7 Å². The molecular weight excluding hydrogens is 351 g/mol. The van der Waals surface area contributed by atoms with Crippen LogP contribution in [0.5, 0.6) is 0 Å². The molecule has 0 N–H and O–H groups in total. The molecule has 0 atom stereocenters. The number of hydrogen-bond acceptors (Lipinski definition) is 3. The molecule has 96 valence electrons. The average molecular weight is 364 g/mol. The third-order valence-corrected chi connectivity index (χ3v) is 3.53. The minimum Gasteiger partial charge on any atom is -0.382 e. The molecule has 0 saturated carbocycles. The fourth-order valence-corrected chi connectivity index (χ4v) is 2.58. The quantitative estimate of drug-likeness (QED) is 0.471. The number of Topliss-reactive ketones (excluding diaryl/α,β-unsaturated/α-hetero) is 1. The first-order chi connectivity index (χ1) is 9.01. The maximum absolute atomic E-state index is 12.3. The van der Waals surface area contributed by atoms with Crippen molar-refractivity contribution in [2.45, 2.75) is 6.42 Å². The van der Waals surface area contributed by atoms with Crippen LogP contribution in [0.25, 0.3) is 6.08 Å². The number of halogens is 1. The van der Waals surface area contributed by atoms with Crippen LogP contribution in [0.1, 0.15) is 11.1 Å². The number of allylic oxidation sites excluding steroid dienone is 2. The maximum Gasteiger partial charge on any atom is 0.201 e. The van der Waals surface area contributed by atoms with Gasteiger partial charge >= 0.3 is 0 Å². The minimum absolute atomic E-state index is 0.178. The fraction of sp³-hybridized carbons (Fsp3) is 0.200. The normalized spacial score (nSPS) is 13.6. The Balaban J connectivity index is 2.28. The molecule has 19 heavy (non-hydrogen) atoms. The summed E-state index contributed by atoms with van der Waals surface area (Å²) in [5.74, 6) is -0.178. The van der Waals surface area contributed by atoms with E-state index in [4.69, 9.17) is 5.26 Å². The minimum atomic E-state index is -0.178. The lowest BCUT2D eigenvalue weighted by Gasteiger charge is -2.06. The third kappa shape index (κ3) is 3.04.